The number of hydrogen-bond acceptors (Lipinski definition) is 7. The van der Waals surface area contributed by atoms with E-state index in [-0.39, 0.29) is 0 Å². The maximum atomic E-state index is 12.1. The van der Waals surface area contributed by atoms with Gasteiger partial charge in [-0.1, -0.05) is 0 Å². The van der Waals surface area contributed by atoms with Crippen LogP contribution in [0.1, 0.15) is 48.5 Å². The Balaban J connectivity index is 5.49. The Bertz CT molecular complexity index is 440. The molecule has 0 fully saturated rings. The molecule has 1 N–H and O–H groups in total. The van der Waals surface area contributed by atoms with Gasteiger partial charge in [0.05, 0.1) is 24.0 Å². The topological polar surface area (TPSA) is 99.1 Å². The summed E-state index contributed by atoms with van der Waals surface area (Å²) in [5, 5.41) is 9.88. The van der Waals surface area contributed by atoms with Gasteiger partial charge in [-0.25, -0.2) is 4.79 Å². The number of ether oxygens (including phenoxy) is 3. The molecular formula is C16H28O7. The lowest BCUT2D eigenvalue weighted by Gasteiger charge is -2.31. The molecule has 0 aliphatic rings. The highest BCUT2D eigenvalue weighted by atomic mass is 16.6. The van der Waals surface area contributed by atoms with Gasteiger partial charge in [0, 0.05) is 0 Å². The van der Waals surface area contributed by atoms with E-state index in [2.05, 4.69) is 4.74 Å². The third kappa shape index (κ3) is 6.56. The lowest BCUT2D eigenvalue weighted by molar-refractivity contribution is -0.195. The van der Waals surface area contributed by atoms with Crippen LogP contribution in [0.4, 0.5) is 0 Å². The molecule has 0 aromatic heterocycles. The molecular weight excluding hydrogens is 304 g/mol. The number of aliphatic hydroxyl groups is 1. The Morgan fingerprint density at radius 2 is 1.26 bits per heavy atom. The second-order valence-corrected chi connectivity index (χ2v) is 7.46. The molecule has 134 valence electrons. The van der Waals surface area contributed by atoms with Crippen LogP contribution in [0.2, 0.25) is 0 Å². The smallest absolute Gasteiger partial charge is 0.351 e. The molecule has 0 spiro atoms. The minimum Gasteiger partial charge on any atom is -0.466 e. The highest BCUT2D eigenvalue weighted by molar-refractivity contribution is 5.83. The van der Waals surface area contributed by atoms with Gasteiger partial charge in [-0.05, 0) is 48.5 Å². The number of methoxy groups -OCH3 is 1. The Kier molecular flexibility index (Phi) is 7.22. The zero-order chi connectivity index (χ0) is 18.6. The average Bonchev–Trinajstić information content (AvgIpc) is 2.38. The molecule has 0 aromatic carbocycles. The van der Waals surface area contributed by atoms with Crippen LogP contribution in [0.15, 0.2) is 0 Å². The van der Waals surface area contributed by atoms with E-state index in [1.54, 1.807) is 41.5 Å². The fourth-order valence-electron chi connectivity index (χ4n) is 1.37. The monoisotopic (exact) mass is 332 g/mol. The summed E-state index contributed by atoms with van der Waals surface area (Å²) in [7, 11) is 1.12. The second kappa shape index (κ2) is 7.77. The predicted octanol–water partition coefficient (Wildman–Crippen LogP) is 1.46. The van der Waals surface area contributed by atoms with Crippen molar-refractivity contribution in [3.8, 4) is 0 Å². The Labute approximate surface area is 137 Å². The minimum atomic E-state index is -1.54. The summed E-state index contributed by atoms with van der Waals surface area (Å²) >= 11 is 0. The van der Waals surface area contributed by atoms with Crippen LogP contribution >= 0.6 is 0 Å². The zero-order valence-corrected chi connectivity index (χ0v) is 15.1. The summed E-state index contributed by atoms with van der Waals surface area (Å²) in [6.07, 6.45) is -4.14. The average molecular weight is 332 g/mol. The van der Waals surface area contributed by atoms with Crippen LogP contribution < -0.4 is 0 Å². The maximum Gasteiger partial charge on any atom is 0.351 e. The van der Waals surface area contributed by atoms with Gasteiger partial charge < -0.3 is 19.3 Å². The van der Waals surface area contributed by atoms with Gasteiger partial charge in [0.15, 0.2) is 6.10 Å². The van der Waals surface area contributed by atoms with Crippen LogP contribution in [-0.4, -0.2) is 48.4 Å². The molecule has 0 amide bonds. The summed E-state index contributed by atoms with van der Waals surface area (Å²) in [4.78, 5) is 36.1. The Morgan fingerprint density at radius 3 is 1.57 bits per heavy atom. The number of esters is 3. The third-order valence-electron chi connectivity index (χ3n) is 2.91. The van der Waals surface area contributed by atoms with Crippen LogP contribution in [-0.2, 0) is 28.6 Å². The van der Waals surface area contributed by atoms with Crippen molar-refractivity contribution in [1.29, 1.82) is 0 Å². The van der Waals surface area contributed by atoms with Crippen LogP contribution in [0.25, 0.3) is 0 Å². The van der Waals surface area contributed by atoms with E-state index in [4.69, 9.17) is 9.47 Å². The van der Waals surface area contributed by atoms with Crippen molar-refractivity contribution >= 4 is 17.9 Å². The van der Waals surface area contributed by atoms with Crippen molar-refractivity contribution in [3.05, 3.63) is 0 Å². The summed E-state index contributed by atoms with van der Waals surface area (Å²) in [5.41, 5.74) is -1.72. The molecule has 0 heterocycles. The molecule has 3 atom stereocenters. The van der Waals surface area contributed by atoms with Gasteiger partial charge in [-0.15, -0.1) is 0 Å². The minimum absolute atomic E-state index is 0.635. The van der Waals surface area contributed by atoms with E-state index in [1.165, 1.54) is 6.92 Å². The second-order valence-electron chi connectivity index (χ2n) is 7.46. The van der Waals surface area contributed by atoms with Gasteiger partial charge in [-0.2, -0.15) is 0 Å². The first kappa shape index (κ1) is 21.4. The van der Waals surface area contributed by atoms with Crippen molar-refractivity contribution in [2.45, 2.75) is 66.8 Å². The first-order chi connectivity index (χ1) is 10.2. The van der Waals surface area contributed by atoms with Crippen LogP contribution in [0.5, 0.6) is 0 Å². The van der Waals surface area contributed by atoms with Crippen LogP contribution in [0, 0.1) is 10.8 Å². The lowest BCUT2D eigenvalue weighted by atomic mass is 9.96. The highest BCUT2D eigenvalue weighted by Crippen LogP contribution is 2.23. The van der Waals surface area contributed by atoms with E-state index in [1.807, 2.05) is 0 Å². The normalized spacial score (nSPS) is 16.0. The molecule has 0 unspecified atom stereocenters. The van der Waals surface area contributed by atoms with E-state index in [0.29, 0.717) is 0 Å². The SMILES string of the molecule is COC(=O)[C@H](OC(=O)C(C)(C)C)[C@@H](OC(=O)C(C)(C)C)[C@H](C)O. The summed E-state index contributed by atoms with van der Waals surface area (Å²) < 4.78 is 15.0. The number of carbonyl (C=O) groups is 3. The molecule has 0 saturated heterocycles. The number of aliphatic hydroxyl groups excluding tert-OH is 1. The van der Waals surface area contributed by atoms with Gasteiger partial charge in [-0.3, -0.25) is 9.59 Å². The molecule has 0 bridgehead atoms. The van der Waals surface area contributed by atoms with E-state index >= 15 is 0 Å². The van der Waals surface area contributed by atoms with Gasteiger partial charge in [0.1, 0.15) is 0 Å². The van der Waals surface area contributed by atoms with E-state index in [0.717, 1.165) is 7.11 Å². The molecule has 0 rings (SSSR count). The van der Waals surface area contributed by atoms with Gasteiger partial charge in [0.25, 0.3) is 0 Å². The number of carbonyl (C=O) groups excluding carboxylic acids is 3. The largest absolute Gasteiger partial charge is 0.466 e. The molecule has 0 aliphatic heterocycles. The zero-order valence-electron chi connectivity index (χ0n) is 15.1. The van der Waals surface area contributed by atoms with Crippen molar-refractivity contribution in [2.24, 2.45) is 10.8 Å². The highest BCUT2D eigenvalue weighted by Gasteiger charge is 2.42. The molecule has 0 aliphatic carbocycles. The van der Waals surface area contributed by atoms with Crippen molar-refractivity contribution in [3.63, 3.8) is 0 Å². The molecule has 0 saturated carbocycles. The first-order valence-electron chi connectivity index (χ1n) is 7.40. The summed E-state index contributed by atoms with van der Waals surface area (Å²) in [6.45, 7) is 11.1. The Morgan fingerprint density at radius 1 is 0.870 bits per heavy atom. The van der Waals surface area contributed by atoms with Crippen molar-refractivity contribution in [2.75, 3.05) is 7.11 Å². The Hall–Kier alpha value is -1.63. The summed E-state index contributed by atoms with van der Waals surface area (Å²) in [5.74, 6) is -2.22. The van der Waals surface area contributed by atoms with E-state index < -0.39 is 47.0 Å². The third-order valence-corrected chi connectivity index (χ3v) is 2.91. The fourth-order valence-corrected chi connectivity index (χ4v) is 1.37. The molecule has 7 nitrogen and oxygen atoms in total. The first-order valence-corrected chi connectivity index (χ1v) is 7.40. The summed E-state index contributed by atoms with van der Waals surface area (Å²) in [6, 6.07) is 0. The number of rotatable bonds is 5. The molecule has 7 heteroatoms. The van der Waals surface area contributed by atoms with Gasteiger partial charge >= 0.3 is 17.9 Å². The number of hydrogen-bond donors (Lipinski definition) is 1. The van der Waals surface area contributed by atoms with Crippen molar-refractivity contribution < 1.29 is 33.7 Å². The molecule has 23 heavy (non-hydrogen) atoms. The fraction of sp³-hybridized carbons (Fsp3) is 0.812. The molecule has 0 radical (unpaired) electrons. The molecule has 0 aromatic rings. The lowest BCUT2D eigenvalue weighted by Crippen LogP contribution is -2.49. The predicted molar refractivity (Wildman–Crippen MR) is 82.4 cm³/mol. The standard InChI is InChI=1S/C16H28O7/c1-9(17)10(22-13(19)15(2,3)4)11(12(18)21-8)23-14(20)16(5,6)7/h9-11,17H,1-8H3/t9-,10-,11+/m0/s1. The van der Waals surface area contributed by atoms with Crippen LogP contribution in [0.3, 0.4) is 0 Å². The van der Waals surface area contributed by atoms with Crippen molar-refractivity contribution in [1.82, 2.24) is 0 Å². The van der Waals surface area contributed by atoms with Gasteiger partial charge in [0.2, 0.25) is 6.10 Å². The quantitative estimate of drug-likeness (QED) is 0.601. The maximum absolute atomic E-state index is 12.1. The van der Waals surface area contributed by atoms with E-state index in [9.17, 15) is 19.5 Å².